The van der Waals surface area contributed by atoms with Gasteiger partial charge in [0, 0.05) is 50.8 Å². The Balaban J connectivity index is 1.23. The Labute approximate surface area is 266 Å². The molecule has 0 saturated carbocycles. The fourth-order valence-corrected chi connectivity index (χ4v) is 5.48. The topological polar surface area (TPSA) is 154 Å². The molecule has 0 aliphatic carbocycles. The van der Waals surface area contributed by atoms with Crippen LogP contribution in [-0.4, -0.2) is 72.1 Å². The van der Waals surface area contributed by atoms with Crippen LogP contribution >= 0.6 is 0 Å². The van der Waals surface area contributed by atoms with Gasteiger partial charge in [0.2, 0.25) is 21.8 Å². The van der Waals surface area contributed by atoms with E-state index in [1.54, 1.807) is 72.9 Å². The molecule has 1 saturated heterocycles. The van der Waals surface area contributed by atoms with Crippen LogP contribution in [0.15, 0.2) is 96.2 Å². The van der Waals surface area contributed by atoms with Gasteiger partial charge in [-0.1, -0.05) is 18.2 Å². The molecular weight excluding hydrogens is 610 g/mol. The highest BCUT2D eigenvalue weighted by atomic mass is 32.2. The number of imide groups is 1. The van der Waals surface area contributed by atoms with Gasteiger partial charge in [-0.3, -0.25) is 9.59 Å². The number of aromatic nitrogens is 2. The quantitative estimate of drug-likeness (QED) is 0.234. The van der Waals surface area contributed by atoms with E-state index in [0.29, 0.717) is 34.5 Å². The highest BCUT2D eigenvalue weighted by Gasteiger charge is 2.44. The van der Waals surface area contributed by atoms with Crippen molar-refractivity contribution in [2.75, 3.05) is 36.2 Å². The second kappa shape index (κ2) is 13.3. The van der Waals surface area contributed by atoms with E-state index in [-0.39, 0.29) is 17.5 Å². The first-order valence-electron chi connectivity index (χ1n) is 14.3. The summed E-state index contributed by atoms with van der Waals surface area (Å²) < 4.78 is 31.6. The molecule has 1 aliphatic rings. The highest BCUT2D eigenvalue weighted by molar-refractivity contribution is 7.89. The maximum atomic E-state index is 13.4. The molecular formula is C32H33N7O6S. The van der Waals surface area contributed by atoms with E-state index in [1.807, 2.05) is 13.8 Å². The number of amides is 4. The molecule has 1 atom stereocenters. The molecule has 14 heteroatoms. The van der Waals surface area contributed by atoms with E-state index in [0.717, 1.165) is 9.21 Å². The third-order valence-corrected chi connectivity index (χ3v) is 8.95. The zero-order valence-corrected chi connectivity index (χ0v) is 26.4. The number of hydrogen-bond donors (Lipinski definition) is 2. The molecule has 2 N–H and O–H groups in total. The van der Waals surface area contributed by atoms with Crippen LogP contribution in [-0.2, 0) is 19.6 Å². The zero-order chi connectivity index (χ0) is 33.0. The van der Waals surface area contributed by atoms with Crippen LogP contribution in [0.1, 0.15) is 13.8 Å². The van der Waals surface area contributed by atoms with Crippen molar-refractivity contribution < 1.29 is 27.5 Å². The third kappa shape index (κ3) is 6.98. The van der Waals surface area contributed by atoms with Gasteiger partial charge in [-0.2, -0.15) is 0 Å². The molecule has 5 rings (SSSR count). The molecule has 238 valence electrons. The molecule has 4 aromatic rings. The number of rotatable bonds is 10. The molecule has 46 heavy (non-hydrogen) atoms. The molecule has 2 aromatic heterocycles. The summed E-state index contributed by atoms with van der Waals surface area (Å²) in [7, 11) is -0.696. The van der Waals surface area contributed by atoms with E-state index in [9.17, 15) is 22.8 Å². The molecule has 0 spiro atoms. The van der Waals surface area contributed by atoms with Crippen molar-refractivity contribution in [3.8, 4) is 11.5 Å². The normalized spacial score (nSPS) is 15.3. The van der Waals surface area contributed by atoms with Gasteiger partial charge in [0.05, 0.1) is 5.69 Å². The van der Waals surface area contributed by atoms with Crippen LogP contribution in [0.5, 0.6) is 11.5 Å². The van der Waals surface area contributed by atoms with E-state index < -0.39 is 33.8 Å². The number of benzene rings is 2. The third-order valence-electron chi connectivity index (χ3n) is 7.15. The predicted molar refractivity (Wildman–Crippen MR) is 172 cm³/mol. The summed E-state index contributed by atoms with van der Waals surface area (Å²) in [6.45, 7) is 3.64. The minimum atomic E-state index is -3.59. The number of nitrogens with zero attached hydrogens (tertiary/aromatic N) is 5. The number of hydrogen-bond acceptors (Lipinski definition) is 9. The number of carbonyl (C=O) groups is 3. The molecule has 3 heterocycles. The van der Waals surface area contributed by atoms with Crippen LogP contribution in [0.3, 0.4) is 0 Å². The van der Waals surface area contributed by atoms with Gasteiger partial charge in [-0.15, -0.1) is 0 Å². The Morgan fingerprint density at radius 3 is 2.28 bits per heavy atom. The van der Waals surface area contributed by atoms with Crippen molar-refractivity contribution in [3.63, 3.8) is 0 Å². The van der Waals surface area contributed by atoms with Crippen LogP contribution < -0.4 is 20.3 Å². The summed E-state index contributed by atoms with van der Waals surface area (Å²) in [5, 5.41) is 5.80. The zero-order valence-electron chi connectivity index (χ0n) is 25.6. The van der Waals surface area contributed by atoms with E-state index >= 15 is 0 Å². The molecule has 2 aromatic carbocycles. The van der Waals surface area contributed by atoms with Gasteiger partial charge < -0.3 is 20.3 Å². The number of nitrogens with one attached hydrogen (secondary N) is 2. The van der Waals surface area contributed by atoms with Gasteiger partial charge >= 0.3 is 6.03 Å². The molecule has 0 radical (unpaired) electrons. The lowest BCUT2D eigenvalue weighted by molar-refractivity contribution is -0.132. The average Bonchev–Trinajstić information content (AvgIpc) is 3.03. The maximum Gasteiger partial charge on any atom is 0.331 e. The van der Waals surface area contributed by atoms with Crippen LogP contribution in [0.25, 0.3) is 0 Å². The monoisotopic (exact) mass is 643 g/mol. The summed E-state index contributed by atoms with van der Waals surface area (Å²) in [6.07, 6.45) is 2.81. The largest absolute Gasteiger partial charge is 0.457 e. The molecule has 1 fully saturated rings. The number of ether oxygens (including phenoxy) is 1. The first-order valence-corrected chi connectivity index (χ1v) is 15.8. The predicted octanol–water partition coefficient (Wildman–Crippen LogP) is 4.69. The van der Waals surface area contributed by atoms with Crippen molar-refractivity contribution in [1.29, 1.82) is 0 Å². The number of pyridine rings is 2. The Morgan fingerprint density at radius 2 is 1.65 bits per heavy atom. The number of para-hydroxylation sites is 1. The Kier molecular flexibility index (Phi) is 9.30. The number of anilines is 4. The van der Waals surface area contributed by atoms with Crippen molar-refractivity contribution in [3.05, 3.63) is 91.3 Å². The standard InChI is InChI=1S/C32H33N7O6S/c1-21(2)38-20-27(31(41)39(32(38)42)23-8-6-5-7-9-23)30(40)35-22-10-12-24(13-11-22)45-25-16-17-33-29(18-25)36-28-15-14-26(19-34-28)46(43,44)37(3)4/h5-19,21,27H,20H2,1-4H3,(H,35,40)(H,33,34,36). The average molecular weight is 644 g/mol. The van der Waals surface area contributed by atoms with Gasteiger partial charge in [-0.05, 0) is 68.4 Å². The first-order chi connectivity index (χ1) is 21.9. The smallest absolute Gasteiger partial charge is 0.331 e. The van der Waals surface area contributed by atoms with Crippen LogP contribution in [0, 0.1) is 5.92 Å². The van der Waals surface area contributed by atoms with Gasteiger partial charge in [0.15, 0.2) is 0 Å². The minimum absolute atomic E-state index is 0.0288. The maximum absolute atomic E-state index is 13.4. The fraction of sp³-hybridized carbons (Fsp3) is 0.219. The summed E-state index contributed by atoms with van der Waals surface area (Å²) >= 11 is 0. The Morgan fingerprint density at radius 1 is 0.935 bits per heavy atom. The fourth-order valence-electron chi connectivity index (χ4n) is 4.64. The minimum Gasteiger partial charge on any atom is -0.457 e. The summed E-state index contributed by atoms with van der Waals surface area (Å²) in [6, 6.07) is 20.8. The van der Waals surface area contributed by atoms with Gasteiger partial charge in [0.25, 0.3) is 0 Å². The lowest BCUT2D eigenvalue weighted by atomic mass is 10.0. The number of urea groups is 1. The first kappa shape index (κ1) is 32.1. The van der Waals surface area contributed by atoms with Gasteiger partial charge in [0.1, 0.15) is 33.9 Å². The highest BCUT2D eigenvalue weighted by Crippen LogP contribution is 2.28. The number of carbonyl (C=O) groups excluding carboxylic acids is 3. The van der Waals surface area contributed by atoms with Crippen molar-refractivity contribution in [1.82, 2.24) is 19.2 Å². The molecule has 1 aliphatic heterocycles. The molecule has 4 amide bonds. The lowest BCUT2D eigenvalue weighted by Crippen LogP contribution is -2.61. The van der Waals surface area contributed by atoms with Crippen molar-refractivity contribution >= 4 is 50.9 Å². The lowest BCUT2D eigenvalue weighted by Gasteiger charge is -2.39. The molecule has 1 unspecified atom stereocenters. The van der Waals surface area contributed by atoms with Crippen molar-refractivity contribution in [2.45, 2.75) is 24.8 Å². The Bertz CT molecular complexity index is 1830. The van der Waals surface area contributed by atoms with E-state index in [4.69, 9.17) is 4.74 Å². The number of sulfonamides is 1. The SMILES string of the molecule is CC(C)N1CC(C(=O)Nc2ccc(Oc3ccnc(Nc4ccc(S(=O)(=O)N(C)C)cn4)c3)cc2)C(=O)N(c2ccccc2)C1=O. The second-order valence-corrected chi connectivity index (χ2v) is 13.0. The molecule has 13 nitrogen and oxygen atoms in total. The van der Waals surface area contributed by atoms with E-state index in [2.05, 4.69) is 20.6 Å². The summed E-state index contributed by atoms with van der Waals surface area (Å²) in [5.74, 6) is -0.442. The van der Waals surface area contributed by atoms with E-state index in [1.165, 1.54) is 37.3 Å². The second-order valence-electron chi connectivity index (χ2n) is 10.9. The summed E-state index contributed by atoms with van der Waals surface area (Å²) in [4.78, 5) is 50.9. The van der Waals surface area contributed by atoms with Crippen molar-refractivity contribution in [2.24, 2.45) is 5.92 Å². The molecule has 0 bridgehead atoms. The summed E-state index contributed by atoms with van der Waals surface area (Å²) in [5.41, 5.74) is 0.855. The van der Waals surface area contributed by atoms with Gasteiger partial charge in [-0.25, -0.2) is 32.4 Å². The Hall–Kier alpha value is -5.34. The van der Waals surface area contributed by atoms with Crippen LogP contribution in [0.2, 0.25) is 0 Å². The van der Waals surface area contributed by atoms with Crippen LogP contribution in [0.4, 0.5) is 27.8 Å².